The van der Waals surface area contributed by atoms with E-state index in [4.69, 9.17) is 11.2 Å². The number of aliphatic hydroxyl groups is 1. The third-order valence-electron chi connectivity index (χ3n) is 3.92. The molecule has 0 fully saturated rings. The predicted octanol–water partition coefficient (Wildman–Crippen LogP) is 4.30. The molecule has 24 heavy (non-hydrogen) atoms. The number of aliphatic hydroxyl groups excluding tert-OH is 1. The molecule has 132 valence electrons. The van der Waals surface area contributed by atoms with Crippen molar-refractivity contribution in [1.29, 1.82) is 0 Å². The van der Waals surface area contributed by atoms with E-state index in [9.17, 15) is 9.90 Å². The Kier molecular flexibility index (Phi) is 5.03. The molecular weight excluding hydrogens is 322 g/mol. The van der Waals surface area contributed by atoms with Gasteiger partial charge in [-0.3, -0.25) is 0 Å². The van der Waals surface area contributed by atoms with Crippen LogP contribution in [-0.4, -0.2) is 28.2 Å². The van der Waals surface area contributed by atoms with E-state index in [1.807, 2.05) is 31.7 Å². The van der Waals surface area contributed by atoms with Crippen LogP contribution >= 0.6 is 11.3 Å². The molecule has 0 saturated carbocycles. The number of terminal acetylenes is 1. The molecule has 0 bridgehead atoms. The van der Waals surface area contributed by atoms with Crippen molar-refractivity contribution < 1.29 is 14.6 Å². The monoisotopic (exact) mass is 349 g/mol. The van der Waals surface area contributed by atoms with Crippen LogP contribution in [0.2, 0.25) is 0 Å². The fraction of sp³-hybridized carbons (Fsp3) is 0.632. The highest BCUT2D eigenvalue weighted by Gasteiger charge is 2.41. The Labute approximate surface area is 148 Å². The van der Waals surface area contributed by atoms with E-state index in [1.165, 1.54) is 4.88 Å². The Morgan fingerprint density at radius 1 is 1.42 bits per heavy atom. The van der Waals surface area contributed by atoms with Crippen LogP contribution in [0.15, 0.2) is 6.07 Å². The lowest BCUT2D eigenvalue weighted by molar-refractivity contribution is -0.000696. The number of carbonyl (C=O) groups excluding carboxylic acids is 1. The molecule has 0 radical (unpaired) electrons. The number of fused-ring (bicyclic) bond motifs is 1. The van der Waals surface area contributed by atoms with Crippen LogP contribution < -0.4 is 0 Å². The van der Waals surface area contributed by atoms with Crippen LogP contribution in [0.3, 0.4) is 0 Å². The average Bonchev–Trinajstić information content (AvgIpc) is 2.85. The molecule has 1 aliphatic heterocycles. The summed E-state index contributed by atoms with van der Waals surface area (Å²) in [4.78, 5) is 16.5. The maximum atomic E-state index is 12.7. The molecule has 2 atom stereocenters. The number of thiophene rings is 1. The molecule has 2 unspecified atom stereocenters. The van der Waals surface area contributed by atoms with E-state index in [1.54, 1.807) is 11.3 Å². The zero-order valence-electron chi connectivity index (χ0n) is 15.3. The quantitative estimate of drug-likeness (QED) is 0.769. The number of hydrogen-bond donors (Lipinski definition) is 1. The highest BCUT2D eigenvalue weighted by molar-refractivity contribution is 7.12. The molecule has 4 nitrogen and oxygen atoms in total. The van der Waals surface area contributed by atoms with Crippen molar-refractivity contribution in [3.05, 3.63) is 21.4 Å². The topological polar surface area (TPSA) is 49.8 Å². The van der Waals surface area contributed by atoms with Gasteiger partial charge in [0.05, 0.1) is 6.04 Å². The van der Waals surface area contributed by atoms with E-state index in [0.29, 0.717) is 6.54 Å². The molecule has 2 rings (SSSR count). The first-order chi connectivity index (χ1) is 10.9. The maximum Gasteiger partial charge on any atom is 0.410 e. The number of hydrogen-bond acceptors (Lipinski definition) is 4. The van der Waals surface area contributed by atoms with Gasteiger partial charge in [0.1, 0.15) is 11.7 Å². The number of rotatable bonds is 1. The highest BCUT2D eigenvalue weighted by atomic mass is 32.1. The van der Waals surface area contributed by atoms with Gasteiger partial charge in [0, 0.05) is 16.3 Å². The summed E-state index contributed by atoms with van der Waals surface area (Å²) < 4.78 is 5.60. The maximum absolute atomic E-state index is 12.7. The Hall–Kier alpha value is -1.51. The standard InChI is InChI=1S/C19H27NO3S/c1-8-13(21)15-11-12-14(24-15)9-10-20(16(12)18(2,3)4)17(22)23-19(5,6)7/h1,11,13,16,21H,9-10H2,2-7H3. The van der Waals surface area contributed by atoms with Gasteiger partial charge in [-0.2, -0.15) is 0 Å². The summed E-state index contributed by atoms with van der Waals surface area (Å²) in [6, 6.07) is 1.85. The van der Waals surface area contributed by atoms with Crippen molar-refractivity contribution in [2.45, 2.75) is 65.7 Å². The average molecular weight is 349 g/mol. The van der Waals surface area contributed by atoms with Crippen molar-refractivity contribution >= 4 is 17.4 Å². The van der Waals surface area contributed by atoms with Gasteiger partial charge in [-0.15, -0.1) is 17.8 Å². The molecule has 1 aromatic rings. The van der Waals surface area contributed by atoms with E-state index in [-0.39, 0.29) is 17.6 Å². The fourth-order valence-electron chi connectivity index (χ4n) is 3.08. The minimum Gasteiger partial charge on any atom is -0.444 e. The van der Waals surface area contributed by atoms with E-state index < -0.39 is 11.7 Å². The minimum absolute atomic E-state index is 0.105. The van der Waals surface area contributed by atoms with Crippen molar-refractivity contribution in [2.24, 2.45) is 5.41 Å². The molecular formula is C19H27NO3S. The third kappa shape index (κ3) is 3.93. The van der Waals surface area contributed by atoms with Gasteiger partial charge in [0.25, 0.3) is 0 Å². The first kappa shape index (κ1) is 18.8. The second-order valence-electron chi connectivity index (χ2n) is 8.29. The summed E-state index contributed by atoms with van der Waals surface area (Å²) in [5, 5.41) is 9.96. The lowest BCUT2D eigenvalue weighted by Gasteiger charge is -2.43. The van der Waals surface area contributed by atoms with Crippen molar-refractivity contribution in [1.82, 2.24) is 4.90 Å². The highest BCUT2D eigenvalue weighted by Crippen LogP contribution is 2.46. The zero-order valence-corrected chi connectivity index (χ0v) is 16.2. The molecule has 1 amide bonds. The summed E-state index contributed by atoms with van der Waals surface area (Å²) in [5.74, 6) is 2.37. The van der Waals surface area contributed by atoms with Crippen LogP contribution in [-0.2, 0) is 11.2 Å². The Bertz CT molecular complexity index is 658. The van der Waals surface area contributed by atoms with Crippen LogP contribution in [0.5, 0.6) is 0 Å². The Balaban J connectivity index is 2.42. The molecule has 0 spiro atoms. The molecule has 0 saturated heterocycles. The Morgan fingerprint density at radius 2 is 2.04 bits per heavy atom. The van der Waals surface area contributed by atoms with Gasteiger partial charge in [0.15, 0.2) is 0 Å². The summed E-state index contributed by atoms with van der Waals surface area (Å²) in [6.45, 7) is 12.6. The minimum atomic E-state index is -0.892. The SMILES string of the molecule is C#CC(O)c1cc2c(s1)CCN(C(=O)OC(C)(C)C)C2C(C)(C)C. The largest absolute Gasteiger partial charge is 0.444 e. The van der Waals surface area contributed by atoms with Crippen molar-refractivity contribution in [2.75, 3.05) is 6.54 Å². The Morgan fingerprint density at radius 3 is 2.54 bits per heavy atom. The number of amides is 1. The van der Waals surface area contributed by atoms with Crippen LogP contribution in [0.4, 0.5) is 4.79 Å². The van der Waals surface area contributed by atoms with Crippen LogP contribution in [0.25, 0.3) is 0 Å². The number of carbonyl (C=O) groups is 1. The lowest BCUT2D eigenvalue weighted by Crippen LogP contribution is -2.46. The van der Waals surface area contributed by atoms with Gasteiger partial charge in [-0.1, -0.05) is 26.7 Å². The van der Waals surface area contributed by atoms with Gasteiger partial charge in [-0.25, -0.2) is 4.79 Å². The number of ether oxygens (including phenoxy) is 1. The van der Waals surface area contributed by atoms with Gasteiger partial charge in [0.2, 0.25) is 0 Å². The molecule has 1 aromatic heterocycles. The molecule has 5 heteroatoms. The normalized spacial score (nSPS) is 19.4. The molecule has 0 aromatic carbocycles. The first-order valence-corrected chi connectivity index (χ1v) is 9.02. The molecule has 1 aliphatic rings. The third-order valence-corrected chi connectivity index (χ3v) is 5.19. The first-order valence-electron chi connectivity index (χ1n) is 8.20. The summed E-state index contributed by atoms with van der Waals surface area (Å²) in [6.07, 6.45) is 4.92. The van der Waals surface area contributed by atoms with E-state index in [2.05, 4.69) is 26.7 Å². The summed E-state index contributed by atoms with van der Waals surface area (Å²) in [7, 11) is 0. The van der Waals surface area contributed by atoms with Crippen LogP contribution in [0, 0.1) is 17.8 Å². The van der Waals surface area contributed by atoms with E-state index >= 15 is 0 Å². The summed E-state index contributed by atoms with van der Waals surface area (Å²) >= 11 is 1.54. The second-order valence-corrected chi connectivity index (χ2v) is 9.46. The molecule has 2 heterocycles. The summed E-state index contributed by atoms with van der Waals surface area (Å²) in [5.41, 5.74) is 0.388. The predicted molar refractivity (Wildman–Crippen MR) is 97.0 cm³/mol. The van der Waals surface area contributed by atoms with Crippen LogP contribution in [0.1, 0.15) is 69.0 Å². The van der Waals surface area contributed by atoms with Gasteiger partial charge >= 0.3 is 6.09 Å². The van der Waals surface area contributed by atoms with E-state index in [0.717, 1.165) is 16.9 Å². The molecule has 1 N–H and O–H groups in total. The zero-order chi connectivity index (χ0) is 18.3. The number of nitrogens with zero attached hydrogens (tertiary/aromatic N) is 1. The van der Waals surface area contributed by atoms with Gasteiger partial charge < -0.3 is 14.7 Å². The van der Waals surface area contributed by atoms with Crippen molar-refractivity contribution in [3.8, 4) is 12.3 Å². The van der Waals surface area contributed by atoms with Gasteiger partial charge in [-0.05, 0) is 44.2 Å². The smallest absolute Gasteiger partial charge is 0.410 e. The fourth-order valence-corrected chi connectivity index (χ4v) is 4.21. The lowest BCUT2D eigenvalue weighted by atomic mass is 9.79. The second kappa shape index (κ2) is 6.42. The van der Waals surface area contributed by atoms with Crippen molar-refractivity contribution in [3.63, 3.8) is 0 Å². The molecule has 0 aliphatic carbocycles.